The molecule has 0 aliphatic heterocycles. The van der Waals surface area contributed by atoms with E-state index < -0.39 is 67.8 Å². The summed E-state index contributed by atoms with van der Waals surface area (Å²) in [5, 5.41) is 7.86. The fourth-order valence-corrected chi connectivity index (χ4v) is 34.3. The van der Waals surface area contributed by atoms with Crippen molar-refractivity contribution in [3.8, 4) is 0 Å². The molecule has 514 valence electrons. The Kier molecular flexibility index (Phi) is 25.4. The van der Waals surface area contributed by atoms with Gasteiger partial charge in [0.25, 0.3) is 33.3 Å². The molecule has 0 aliphatic carbocycles. The minimum Gasteiger partial charge on any atom is -0.404 e. The first kappa shape index (κ1) is 75.3. The molecule has 10 heteroatoms. The fraction of sp³-hybridized carbons (Fsp3) is 0.352. The van der Waals surface area contributed by atoms with Gasteiger partial charge in [0, 0.05) is 18.8 Å². The van der Waals surface area contributed by atoms with Gasteiger partial charge in [0.05, 0.1) is 37.1 Å². The molecule has 9 aromatic rings. The monoisotopic (exact) mass is 1370 g/mol. The Bertz CT molecular complexity index is 3680. The van der Waals surface area contributed by atoms with E-state index in [0.717, 1.165) is 22.2 Å². The van der Waals surface area contributed by atoms with Crippen molar-refractivity contribution in [1.29, 1.82) is 0 Å². The summed E-state index contributed by atoms with van der Waals surface area (Å²) in [4.78, 5) is 13.9. The van der Waals surface area contributed by atoms with Gasteiger partial charge in [0.2, 0.25) is 0 Å². The van der Waals surface area contributed by atoms with Gasteiger partial charge in [-0.3, -0.25) is 0 Å². The molecule has 0 amide bonds. The van der Waals surface area contributed by atoms with E-state index in [1.807, 2.05) is 0 Å². The minimum atomic E-state index is -3.43. The number of benzene rings is 9. The number of hydrogen-bond donors (Lipinski definition) is 0. The maximum atomic E-state index is 13.9. The van der Waals surface area contributed by atoms with Gasteiger partial charge in [-0.05, 0) is 86.0 Å². The lowest BCUT2D eigenvalue weighted by Crippen LogP contribution is -2.70. The third-order valence-electron chi connectivity index (χ3n) is 20.0. The number of carbonyl (C=O) groups excluding carboxylic acids is 1. The van der Waals surface area contributed by atoms with Gasteiger partial charge >= 0.3 is 0 Å². The molecule has 0 saturated carbocycles. The van der Waals surface area contributed by atoms with E-state index in [2.05, 4.69) is 389 Å². The van der Waals surface area contributed by atoms with Crippen molar-refractivity contribution in [1.82, 2.24) is 0 Å². The summed E-state index contributed by atoms with van der Waals surface area (Å²) in [7, 11) is -13.5. The predicted octanol–water partition coefficient (Wildman–Crippen LogP) is 17.0. The second-order valence-electron chi connectivity index (χ2n) is 31.4. The SMILES string of the molecule is CC(C)[C@H](OCc1ccccc1)[C@@H](C)C=C[C@@H](C[C@@H](C[C@H](C[C@H](CC=O)O[Si](c1ccccc1)(c1ccccc1)C(C)(C)C)O[Si](c1ccccc1)(c1ccccc1)C(C)(C)C)O[Si](c1ccccc1)(c1ccccc1)C(C)(C)C)O[Si](c1ccccc1)(c1ccccc1)C(C)(C)C. The molecule has 9 aromatic carbocycles. The van der Waals surface area contributed by atoms with Crippen LogP contribution in [0.25, 0.3) is 0 Å². The molecule has 0 saturated heterocycles. The number of carbonyl (C=O) groups is 1. The van der Waals surface area contributed by atoms with Crippen molar-refractivity contribution in [2.75, 3.05) is 0 Å². The number of rotatable bonds is 31. The molecule has 98 heavy (non-hydrogen) atoms. The highest BCUT2D eigenvalue weighted by Crippen LogP contribution is 2.45. The number of ether oxygens (including phenoxy) is 1. The lowest BCUT2D eigenvalue weighted by Gasteiger charge is -2.49. The summed E-state index contributed by atoms with van der Waals surface area (Å²) < 4.78 is 41.4. The van der Waals surface area contributed by atoms with Crippen LogP contribution in [0.1, 0.15) is 135 Å². The fourth-order valence-electron chi connectivity index (χ4n) is 15.6. The molecule has 0 N–H and O–H groups in total. The Morgan fingerprint density at radius 1 is 0.316 bits per heavy atom. The highest BCUT2D eigenvalue weighted by Gasteiger charge is 2.57. The minimum absolute atomic E-state index is 0.00558. The molecule has 0 spiro atoms. The second-order valence-corrected chi connectivity index (χ2v) is 48.4. The molecule has 0 fully saturated rings. The van der Waals surface area contributed by atoms with E-state index in [0.29, 0.717) is 25.9 Å². The molecule has 0 radical (unpaired) electrons. The Labute approximate surface area is 593 Å². The summed E-state index contributed by atoms with van der Waals surface area (Å²) in [5.41, 5.74) is 1.15. The van der Waals surface area contributed by atoms with Crippen molar-refractivity contribution in [2.45, 2.75) is 187 Å². The van der Waals surface area contributed by atoms with E-state index in [9.17, 15) is 4.79 Å². The van der Waals surface area contributed by atoms with E-state index in [-0.39, 0.29) is 34.4 Å². The van der Waals surface area contributed by atoms with Crippen LogP contribution in [0, 0.1) is 11.8 Å². The molecule has 9 rings (SSSR count). The molecule has 0 aromatic heterocycles. The van der Waals surface area contributed by atoms with Gasteiger partial charge in [0.15, 0.2) is 0 Å². The van der Waals surface area contributed by atoms with E-state index in [1.165, 1.54) is 31.1 Å². The van der Waals surface area contributed by atoms with Crippen LogP contribution in [0.4, 0.5) is 0 Å². The lowest BCUT2D eigenvalue weighted by atomic mass is 9.93. The Morgan fingerprint density at radius 2 is 0.561 bits per heavy atom. The average molecular weight is 1380 g/mol. The van der Waals surface area contributed by atoms with Crippen molar-refractivity contribution >= 4 is 81.0 Å². The van der Waals surface area contributed by atoms with Crippen LogP contribution >= 0.6 is 0 Å². The van der Waals surface area contributed by atoms with Gasteiger partial charge < -0.3 is 27.2 Å². The Balaban J connectivity index is 1.34. The molecule has 0 aliphatic rings. The number of aldehydes is 1. The molecule has 0 bridgehead atoms. The van der Waals surface area contributed by atoms with E-state index in [4.69, 9.17) is 22.4 Å². The maximum Gasteiger partial charge on any atom is 0.261 e. The molecule has 6 atom stereocenters. The largest absolute Gasteiger partial charge is 0.404 e. The van der Waals surface area contributed by atoms with Crippen molar-refractivity contribution in [2.24, 2.45) is 11.8 Å². The van der Waals surface area contributed by atoms with Gasteiger partial charge in [-0.15, -0.1) is 0 Å². The molecule has 6 nitrogen and oxygen atoms in total. The van der Waals surface area contributed by atoms with Gasteiger partial charge in [-0.25, -0.2) is 0 Å². The van der Waals surface area contributed by atoms with Gasteiger partial charge in [0.1, 0.15) is 6.29 Å². The summed E-state index contributed by atoms with van der Waals surface area (Å²) in [6, 6.07) is 98.4. The highest BCUT2D eigenvalue weighted by molar-refractivity contribution is 7.01. The van der Waals surface area contributed by atoms with Crippen molar-refractivity contribution in [3.05, 3.63) is 291 Å². The maximum absolute atomic E-state index is 13.9. The smallest absolute Gasteiger partial charge is 0.261 e. The standard InChI is InChI=1S/C88H110O6Si4/c1-69(2)84(90-68-71-43-25-16-26-44-71)70(3)61-62-72(91-95(85(4,5)6,76-45-27-17-28-46-76)77-47-29-18-30-48-77)65-74(93-97(87(10,11)12,80-53-35-21-36-54-80)81-55-37-22-38-56-81)67-75(94-98(88(13,14)15,82-57-39-23-40-58-82)83-59-41-24-42-60-83)66-73(63-64-89)92-96(86(7,8)9,78-49-31-19-32-50-78)79-51-33-20-34-52-79/h16-62,64,69-70,72-75,84H,63,65-68H2,1-15H3/t70-,72-,73-,74-,75-,84-/m0/s1. The zero-order chi connectivity index (χ0) is 70.2. The van der Waals surface area contributed by atoms with Crippen LogP contribution in [0.5, 0.6) is 0 Å². The van der Waals surface area contributed by atoms with Crippen LogP contribution < -0.4 is 41.5 Å². The molecular formula is C88H110O6Si4. The molecule has 0 unspecified atom stereocenters. The van der Waals surface area contributed by atoms with Crippen molar-refractivity contribution < 1.29 is 27.2 Å². The second kappa shape index (κ2) is 33.0. The summed E-state index contributed by atoms with van der Waals surface area (Å²) >= 11 is 0. The Hall–Kier alpha value is -6.94. The van der Waals surface area contributed by atoms with Crippen LogP contribution in [0.15, 0.2) is 285 Å². The number of hydrogen-bond acceptors (Lipinski definition) is 6. The van der Waals surface area contributed by atoms with Crippen LogP contribution in [0.3, 0.4) is 0 Å². The zero-order valence-electron chi connectivity index (χ0n) is 61.2. The quantitative estimate of drug-likeness (QED) is 0.0245. The predicted molar refractivity (Wildman–Crippen MR) is 423 cm³/mol. The first-order chi connectivity index (χ1) is 46.8. The van der Waals surface area contributed by atoms with E-state index in [1.54, 1.807) is 0 Å². The molecule has 0 heterocycles. The van der Waals surface area contributed by atoms with Crippen LogP contribution in [0.2, 0.25) is 20.2 Å². The normalized spacial score (nSPS) is 14.9. The van der Waals surface area contributed by atoms with Gasteiger partial charge in [-0.2, -0.15) is 0 Å². The Morgan fingerprint density at radius 3 is 0.827 bits per heavy atom. The first-order valence-electron chi connectivity index (χ1n) is 35.7. The highest BCUT2D eigenvalue weighted by atomic mass is 28.4. The molecular weight excluding hydrogens is 1270 g/mol. The topological polar surface area (TPSA) is 63.2 Å². The van der Waals surface area contributed by atoms with Gasteiger partial charge in [-0.1, -0.05) is 389 Å². The summed E-state index contributed by atoms with van der Waals surface area (Å²) in [6.07, 6.45) is 5.02. The first-order valence-corrected chi connectivity index (χ1v) is 43.4. The third-order valence-corrected chi connectivity index (χ3v) is 40.4. The third kappa shape index (κ3) is 16.9. The average Bonchev–Trinajstić information content (AvgIpc) is 0.760. The van der Waals surface area contributed by atoms with Crippen LogP contribution in [-0.4, -0.2) is 70.1 Å². The lowest BCUT2D eigenvalue weighted by molar-refractivity contribution is -0.109. The van der Waals surface area contributed by atoms with E-state index >= 15 is 0 Å². The van der Waals surface area contributed by atoms with Crippen molar-refractivity contribution in [3.63, 3.8) is 0 Å². The zero-order valence-corrected chi connectivity index (χ0v) is 65.2. The summed E-state index contributed by atoms with van der Waals surface area (Å²) in [6.45, 7) is 35.7. The summed E-state index contributed by atoms with van der Waals surface area (Å²) in [5.74, 6) is 0.208. The van der Waals surface area contributed by atoms with Crippen LogP contribution in [-0.2, 0) is 33.8 Å².